The van der Waals surface area contributed by atoms with E-state index in [2.05, 4.69) is 32.2 Å². The summed E-state index contributed by atoms with van der Waals surface area (Å²) in [6, 6.07) is 14.1. The number of carbonyl (C=O) groups is 2. The smallest absolute Gasteiger partial charge is 0.320 e. The third-order valence-electron chi connectivity index (χ3n) is 9.98. The average Bonchev–Trinajstić information content (AvgIpc) is 4.09. The highest BCUT2D eigenvalue weighted by atomic mass is 35.5. The monoisotopic (exact) mass is 750 g/mol. The lowest BCUT2D eigenvalue weighted by Crippen LogP contribution is -2.49. The van der Waals surface area contributed by atoms with Gasteiger partial charge in [0.05, 0.1) is 31.5 Å². The molecule has 0 spiro atoms. The Kier molecular flexibility index (Phi) is 13.5. The first-order valence-electron chi connectivity index (χ1n) is 18.9. The van der Waals surface area contributed by atoms with Crippen LogP contribution in [0.15, 0.2) is 54.9 Å². The molecule has 0 unspecified atom stereocenters. The normalized spacial score (nSPS) is 17.2. The Bertz CT molecular complexity index is 1670. The molecule has 1 N–H and O–H groups in total. The largest absolute Gasteiger partial charge is 0.490 e. The van der Waals surface area contributed by atoms with Gasteiger partial charge >= 0.3 is 5.97 Å². The number of benzene rings is 2. The molecule has 0 atom stereocenters. The lowest BCUT2D eigenvalue weighted by molar-refractivity contribution is -0.146. The van der Waals surface area contributed by atoms with Crippen LogP contribution in [0.25, 0.3) is 11.1 Å². The molecule has 2 aliphatic carbocycles. The first kappa shape index (κ1) is 38.5. The van der Waals surface area contributed by atoms with E-state index in [1.54, 1.807) is 0 Å². The van der Waals surface area contributed by atoms with Crippen LogP contribution < -0.4 is 10.1 Å². The van der Waals surface area contributed by atoms with Crippen LogP contribution >= 0.6 is 23.2 Å². The van der Waals surface area contributed by atoms with E-state index in [-0.39, 0.29) is 11.9 Å². The maximum absolute atomic E-state index is 12.5. The number of nitrogens with zero attached hydrogens (tertiary/aromatic N) is 3. The number of rotatable bonds is 19. The first-order valence-corrected chi connectivity index (χ1v) is 19.6. The number of halogens is 2. The Morgan fingerprint density at radius 1 is 0.962 bits per heavy atom. The quantitative estimate of drug-likeness (QED) is 0.0999. The van der Waals surface area contributed by atoms with E-state index in [9.17, 15) is 9.59 Å². The van der Waals surface area contributed by atoms with Gasteiger partial charge in [0.15, 0.2) is 0 Å². The predicted octanol–water partition coefficient (Wildman–Crippen LogP) is 7.45. The summed E-state index contributed by atoms with van der Waals surface area (Å²) in [5.41, 5.74) is 4.63. The number of para-hydroxylation sites is 1. The van der Waals surface area contributed by atoms with Gasteiger partial charge in [-0.05, 0) is 91.8 Å². The average molecular weight is 752 g/mol. The lowest BCUT2D eigenvalue weighted by Gasteiger charge is -2.34. The van der Waals surface area contributed by atoms with Gasteiger partial charge in [-0.1, -0.05) is 55.2 Å². The fraction of sp³-hybridized carbons (Fsp3) is 0.537. The predicted molar refractivity (Wildman–Crippen MR) is 205 cm³/mol. The van der Waals surface area contributed by atoms with Crippen molar-refractivity contribution in [3.8, 4) is 16.9 Å². The van der Waals surface area contributed by atoms with Crippen molar-refractivity contribution in [1.82, 2.24) is 20.1 Å². The molecule has 9 nitrogen and oxygen atoms in total. The Morgan fingerprint density at radius 2 is 1.69 bits per heavy atom. The molecule has 52 heavy (non-hydrogen) atoms. The van der Waals surface area contributed by atoms with E-state index >= 15 is 0 Å². The number of ether oxygens (including phenoxy) is 3. The summed E-state index contributed by atoms with van der Waals surface area (Å²) in [6.07, 6.45) is 10.9. The zero-order valence-corrected chi connectivity index (χ0v) is 32.0. The summed E-state index contributed by atoms with van der Waals surface area (Å²) >= 11 is 13.5. The van der Waals surface area contributed by atoms with Gasteiger partial charge < -0.3 is 19.5 Å². The van der Waals surface area contributed by atoms with Crippen LogP contribution in [0, 0.1) is 5.92 Å². The van der Waals surface area contributed by atoms with Crippen molar-refractivity contribution >= 4 is 35.1 Å². The van der Waals surface area contributed by atoms with E-state index < -0.39 is 5.60 Å². The molecule has 2 aromatic carbocycles. The number of aromatic nitrogens is 1. The number of pyridine rings is 1. The van der Waals surface area contributed by atoms with Crippen LogP contribution in [0.3, 0.4) is 0 Å². The number of piperazine rings is 1. The van der Waals surface area contributed by atoms with E-state index in [1.807, 2.05) is 56.6 Å². The second-order valence-corrected chi connectivity index (χ2v) is 15.6. The fourth-order valence-corrected chi connectivity index (χ4v) is 7.13. The number of hydrogen-bond acceptors (Lipinski definition) is 8. The SMILES string of the molecule is CC(C)COC(=O)CN1CCN(CCNC(=O)CCCCc2cc(Cl)c(COC3(c4cnccc4-c4ccccc4OC4CC4)CC3)cc2Cl)CC1. The van der Waals surface area contributed by atoms with Crippen LogP contribution in [0.1, 0.15) is 75.5 Å². The lowest BCUT2D eigenvalue weighted by atomic mass is 9.96. The molecule has 3 aromatic rings. The standard InChI is InChI=1S/C41H52Cl2N4O5/c1-29(2)27-50-40(49)26-47-21-19-46(20-22-47)18-17-45-39(48)10-6-3-7-30-23-37(43)31(24-36(30)42)28-51-41(14-15-41)35-25-44-16-13-33(35)34-8-4-5-9-38(34)52-32-11-12-32/h4-5,8-9,13,16,23-25,29,32H,3,6-7,10-12,14-15,17-22,26-28H2,1-2H3,(H,45,48). The van der Waals surface area contributed by atoms with Crippen molar-refractivity contribution < 1.29 is 23.8 Å². The van der Waals surface area contributed by atoms with Gasteiger partial charge in [0.25, 0.3) is 0 Å². The molecule has 3 fully saturated rings. The highest BCUT2D eigenvalue weighted by Crippen LogP contribution is 2.53. The second-order valence-electron chi connectivity index (χ2n) is 14.8. The minimum Gasteiger partial charge on any atom is -0.490 e. The topological polar surface area (TPSA) is 93.2 Å². The number of unbranched alkanes of at least 4 members (excludes halogenated alkanes) is 1. The molecule has 1 aromatic heterocycles. The summed E-state index contributed by atoms with van der Waals surface area (Å²) in [5, 5.41) is 4.35. The summed E-state index contributed by atoms with van der Waals surface area (Å²) < 4.78 is 18.2. The summed E-state index contributed by atoms with van der Waals surface area (Å²) in [7, 11) is 0. The Labute approximate surface area is 318 Å². The summed E-state index contributed by atoms with van der Waals surface area (Å²) in [4.78, 5) is 33.4. The number of amides is 1. The van der Waals surface area contributed by atoms with Gasteiger partial charge in [-0.15, -0.1) is 0 Å². The molecule has 2 heterocycles. The molecule has 0 bridgehead atoms. The second kappa shape index (κ2) is 18.2. The van der Waals surface area contributed by atoms with E-state index in [1.165, 1.54) is 0 Å². The molecule has 280 valence electrons. The molecule has 0 radical (unpaired) electrons. The number of aryl methyl sites for hydroxylation is 1. The van der Waals surface area contributed by atoms with Crippen LogP contribution in [0.4, 0.5) is 0 Å². The number of hydrogen-bond donors (Lipinski definition) is 1. The maximum Gasteiger partial charge on any atom is 0.320 e. The van der Waals surface area contributed by atoms with E-state index in [0.717, 1.165) is 111 Å². The molecule has 3 aliphatic rings. The first-order chi connectivity index (χ1) is 25.2. The minimum absolute atomic E-state index is 0.0628. The molecule has 1 amide bonds. The third-order valence-corrected chi connectivity index (χ3v) is 10.7. The van der Waals surface area contributed by atoms with Crippen LogP contribution in [0.5, 0.6) is 5.75 Å². The molecule has 6 rings (SSSR count). The van der Waals surface area contributed by atoms with Gasteiger partial charge in [-0.25, -0.2) is 0 Å². The number of nitrogens with one attached hydrogen (secondary N) is 1. The Balaban J connectivity index is 0.909. The van der Waals surface area contributed by atoms with E-state index in [4.69, 9.17) is 37.4 Å². The number of carbonyl (C=O) groups excluding carboxylic acids is 2. The van der Waals surface area contributed by atoms with Crippen molar-refractivity contribution in [1.29, 1.82) is 0 Å². The van der Waals surface area contributed by atoms with Crippen LogP contribution in [-0.2, 0) is 37.7 Å². The van der Waals surface area contributed by atoms with Gasteiger partial charge in [0.2, 0.25) is 5.91 Å². The molecule has 2 saturated carbocycles. The molecular weight excluding hydrogens is 699 g/mol. The molecular formula is C41H52Cl2N4O5. The van der Waals surface area contributed by atoms with E-state index in [0.29, 0.717) is 54.8 Å². The van der Waals surface area contributed by atoms with Crippen molar-refractivity contribution in [2.75, 3.05) is 52.4 Å². The van der Waals surface area contributed by atoms with Crippen LogP contribution in [0.2, 0.25) is 10.0 Å². The minimum atomic E-state index is -0.426. The highest BCUT2D eigenvalue weighted by molar-refractivity contribution is 6.34. The number of esters is 1. The molecule has 11 heteroatoms. The van der Waals surface area contributed by atoms with Crippen molar-refractivity contribution in [3.05, 3.63) is 81.6 Å². The summed E-state index contributed by atoms with van der Waals surface area (Å²) in [6.45, 7) is 10.0. The van der Waals surface area contributed by atoms with Gasteiger partial charge in [-0.2, -0.15) is 0 Å². The third kappa shape index (κ3) is 10.9. The molecule has 1 saturated heterocycles. The van der Waals surface area contributed by atoms with Gasteiger partial charge in [0.1, 0.15) is 5.75 Å². The Hall–Kier alpha value is -3.21. The zero-order valence-electron chi connectivity index (χ0n) is 30.5. The summed E-state index contributed by atoms with van der Waals surface area (Å²) in [5.74, 6) is 1.15. The fourth-order valence-electron chi connectivity index (χ4n) is 6.60. The van der Waals surface area contributed by atoms with Gasteiger partial charge in [0, 0.05) is 79.3 Å². The van der Waals surface area contributed by atoms with Crippen molar-refractivity contribution in [2.45, 2.75) is 83.5 Å². The van der Waals surface area contributed by atoms with Gasteiger partial charge in [-0.3, -0.25) is 24.4 Å². The highest BCUT2D eigenvalue weighted by Gasteiger charge is 2.48. The Morgan fingerprint density at radius 3 is 2.44 bits per heavy atom. The molecule has 1 aliphatic heterocycles. The van der Waals surface area contributed by atoms with Crippen LogP contribution in [-0.4, -0.2) is 85.2 Å². The van der Waals surface area contributed by atoms with Crippen molar-refractivity contribution in [2.24, 2.45) is 5.92 Å². The van der Waals surface area contributed by atoms with Crippen molar-refractivity contribution in [3.63, 3.8) is 0 Å². The maximum atomic E-state index is 12.5. The zero-order chi connectivity index (χ0) is 36.5.